The smallest absolute Gasteiger partial charge is 0.142 e. The Balaban J connectivity index is 2.40. The summed E-state index contributed by atoms with van der Waals surface area (Å²) in [6.07, 6.45) is 0.272. The molecule has 0 radical (unpaired) electrons. The maximum Gasteiger partial charge on any atom is 0.142 e. The second kappa shape index (κ2) is 6.75. The maximum atomic E-state index is 13.6. The summed E-state index contributed by atoms with van der Waals surface area (Å²) in [6, 6.07) is 11.4. The van der Waals surface area contributed by atoms with Crippen molar-refractivity contribution in [1.29, 1.82) is 0 Å². The number of rotatable bonds is 5. The molecule has 0 aliphatic carbocycles. The third kappa shape index (κ3) is 3.55. The van der Waals surface area contributed by atoms with Crippen LogP contribution in [0.5, 0.6) is 0 Å². The first-order chi connectivity index (χ1) is 10.0. The van der Waals surface area contributed by atoms with Crippen molar-refractivity contribution in [3.8, 4) is 0 Å². The molecule has 2 N–H and O–H groups in total. The Bertz CT molecular complexity index is 627. The molecule has 0 spiro atoms. The van der Waals surface area contributed by atoms with Gasteiger partial charge in [-0.1, -0.05) is 41.4 Å². The lowest BCUT2D eigenvalue weighted by molar-refractivity contribution is 0.116. The molecule has 112 valence electrons. The van der Waals surface area contributed by atoms with Crippen LogP contribution in [0.4, 0.5) is 4.39 Å². The molecule has 0 aliphatic rings. The van der Waals surface area contributed by atoms with Crippen LogP contribution in [0.1, 0.15) is 11.1 Å². The predicted octanol–water partition coefficient (Wildman–Crippen LogP) is 3.60. The fraction of sp³-hybridized carbons (Fsp3) is 0.250. The van der Waals surface area contributed by atoms with E-state index in [1.54, 1.807) is 30.3 Å². The number of aliphatic hydroxyl groups is 2. The Morgan fingerprint density at radius 2 is 1.71 bits per heavy atom. The zero-order valence-electron chi connectivity index (χ0n) is 11.2. The SMILES string of the molecule is OCC(CO)(Cc1ccc(Cl)c(F)c1)c1cccc(Cl)c1. The first-order valence-corrected chi connectivity index (χ1v) is 7.18. The topological polar surface area (TPSA) is 40.5 Å². The largest absolute Gasteiger partial charge is 0.395 e. The number of hydrogen-bond donors (Lipinski definition) is 2. The molecule has 2 nitrogen and oxygen atoms in total. The van der Waals surface area contributed by atoms with E-state index >= 15 is 0 Å². The van der Waals surface area contributed by atoms with Crippen LogP contribution < -0.4 is 0 Å². The lowest BCUT2D eigenvalue weighted by Crippen LogP contribution is -2.37. The number of hydrogen-bond acceptors (Lipinski definition) is 2. The third-order valence-corrected chi connectivity index (χ3v) is 4.11. The molecule has 0 amide bonds. The van der Waals surface area contributed by atoms with Gasteiger partial charge in [-0.15, -0.1) is 0 Å². The Morgan fingerprint density at radius 1 is 1.00 bits per heavy atom. The van der Waals surface area contributed by atoms with Gasteiger partial charge in [0.05, 0.1) is 18.2 Å². The van der Waals surface area contributed by atoms with Gasteiger partial charge in [0.15, 0.2) is 0 Å². The van der Waals surface area contributed by atoms with E-state index in [1.165, 1.54) is 12.1 Å². The Kier molecular flexibility index (Phi) is 5.22. The van der Waals surface area contributed by atoms with Crippen molar-refractivity contribution >= 4 is 23.2 Å². The van der Waals surface area contributed by atoms with Gasteiger partial charge in [-0.05, 0) is 41.8 Å². The van der Waals surface area contributed by atoms with Crippen molar-refractivity contribution in [2.45, 2.75) is 11.8 Å². The first-order valence-electron chi connectivity index (χ1n) is 6.42. The molecule has 0 atom stereocenters. The highest BCUT2D eigenvalue weighted by molar-refractivity contribution is 6.31. The molecule has 0 saturated heterocycles. The average Bonchev–Trinajstić information content (AvgIpc) is 2.48. The lowest BCUT2D eigenvalue weighted by atomic mass is 9.77. The molecule has 0 unspecified atom stereocenters. The second-order valence-electron chi connectivity index (χ2n) is 5.03. The summed E-state index contributed by atoms with van der Waals surface area (Å²) in [6.45, 7) is -0.567. The predicted molar refractivity (Wildman–Crippen MR) is 82.4 cm³/mol. The van der Waals surface area contributed by atoms with Gasteiger partial charge < -0.3 is 10.2 Å². The summed E-state index contributed by atoms with van der Waals surface area (Å²) < 4.78 is 13.6. The van der Waals surface area contributed by atoms with Crippen molar-refractivity contribution in [1.82, 2.24) is 0 Å². The molecule has 0 aromatic heterocycles. The van der Waals surface area contributed by atoms with Gasteiger partial charge in [-0.2, -0.15) is 0 Å². The van der Waals surface area contributed by atoms with E-state index in [0.29, 0.717) is 16.1 Å². The molecule has 0 aliphatic heterocycles. The van der Waals surface area contributed by atoms with Gasteiger partial charge in [0.2, 0.25) is 0 Å². The standard InChI is InChI=1S/C16H15Cl2FO2/c17-13-3-1-2-12(7-13)16(9-20,10-21)8-11-4-5-14(18)15(19)6-11/h1-7,20-21H,8-10H2. The highest BCUT2D eigenvalue weighted by Crippen LogP contribution is 2.30. The zero-order chi connectivity index (χ0) is 15.5. The Morgan fingerprint density at radius 3 is 2.29 bits per heavy atom. The van der Waals surface area contributed by atoms with Crippen LogP contribution >= 0.6 is 23.2 Å². The monoisotopic (exact) mass is 328 g/mol. The van der Waals surface area contributed by atoms with Gasteiger partial charge >= 0.3 is 0 Å². The molecule has 0 saturated carbocycles. The average molecular weight is 329 g/mol. The van der Waals surface area contributed by atoms with Crippen LogP contribution in [0.3, 0.4) is 0 Å². The number of aliphatic hydroxyl groups excluding tert-OH is 2. The van der Waals surface area contributed by atoms with Gasteiger partial charge in [0, 0.05) is 10.4 Å². The minimum absolute atomic E-state index is 0.0418. The molecular weight excluding hydrogens is 314 g/mol. The molecule has 2 aromatic carbocycles. The minimum atomic E-state index is -0.925. The van der Waals surface area contributed by atoms with Crippen LogP contribution in [-0.4, -0.2) is 23.4 Å². The van der Waals surface area contributed by atoms with E-state index in [9.17, 15) is 14.6 Å². The first kappa shape index (κ1) is 16.2. The fourth-order valence-corrected chi connectivity index (χ4v) is 2.61. The second-order valence-corrected chi connectivity index (χ2v) is 5.88. The molecule has 2 aromatic rings. The van der Waals surface area contributed by atoms with Gasteiger partial charge in [0.25, 0.3) is 0 Å². The Hall–Kier alpha value is -1.13. The van der Waals surface area contributed by atoms with E-state index < -0.39 is 11.2 Å². The number of benzene rings is 2. The van der Waals surface area contributed by atoms with Crippen molar-refractivity contribution in [2.24, 2.45) is 0 Å². The summed E-state index contributed by atoms with van der Waals surface area (Å²) in [7, 11) is 0. The third-order valence-electron chi connectivity index (χ3n) is 3.57. The normalized spacial score (nSPS) is 11.7. The van der Waals surface area contributed by atoms with E-state index in [2.05, 4.69) is 0 Å². The van der Waals surface area contributed by atoms with Crippen LogP contribution in [0, 0.1) is 5.82 Å². The quantitative estimate of drug-likeness (QED) is 0.880. The van der Waals surface area contributed by atoms with E-state index in [1.807, 2.05) is 0 Å². The maximum absolute atomic E-state index is 13.6. The van der Waals surface area contributed by atoms with Crippen LogP contribution in [-0.2, 0) is 11.8 Å². The van der Waals surface area contributed by atoms with E-state index in [4.69, 9.17) is 23.2 Å². The summed E-state index contributed by atoms with van der Waals surface area (Å²) in [4.78, 5) is 0. The summed E-state index contributed by atoms with van der Waals surface area (Å²) in [5.74, 6) is -0.523. The highest BCUT2D eigenvalue weighted by atomic mass is 35.5. The molecule has 21 heavy (non-hydrogen) atoms. The summed E-state index contributed by atoms with van der Waals surface area (Å²) in [5.41, 5.74) is 0.417. The lowest BCUT2D eigenvalue weighted by Gasteiger charge is -2.31. The van der Waals surface area contributed by atoms with Crippen LogP contribution in [0.15, 0.2) is 42.5 Å². The molecule has 5 heteroatoms. The van der Waals surface area contributed by atoms with Gasteiger partial charge in [0.1, 0.15) is 5.82 Å². The summed E-state index contributed by atoms with van der Waals surface area (Å²) in [5, 5.41) is 20.1. The number of halogens is 3. The Labute approximate surface area is 132 Å². The fourth-order valence-electron chi connectivity index (χ4n) is 2.31. The van der Waals surface area contributed by atoms with Crippen molar-refractivity contribution in [3.05, 3.63) is 69.5 Å². The van der Waals surface area contributed by atoms with Crippen LogP contribution in [0.25, 0.3) is 0 Å². The van der Waals surface area contributed by atoms with Gasteiger partial charge in [-0.25, -0.2) is 4.39 Å². The molecule has 0 bridgehead atoms. The van der Waals surface area contributed by atoms with Crippen molar-refractivity contribution in [2.75, 3.05) is 13.2 Å². The zero-order valence-corrected chi connectivity index (χ0v) is 12.7. The molecule has 0 fully saturated rings. The van der Waals surface area contributed by atoms with Gasteiger partial charge in [-0.3, -0.25) is 0 Å². The van der Waals surface area contributed by atoms with Crippen LogP contribution in [0.2, 0.25) is 10.0 Å². The molecular formula is C16H15Cl2FO2. The molecule has 0 heterocycles. The van der Waals surface area contributed by atoms with E-state index in [0.717, 1.165) is 0 Å². The van der Waals surface area contributed by atoms with E-state index in [-0.39, 0.29) is 24.7 Å². The van der Waals surface area contributed by atoms with Crippen molar-refractivity contribution in [3.63, 3.8) is 0 Å². The molecule has 2 rings (SSSR count). The highest BCUT2D eigenvalue weighted by Gasteiger charge is 2.31. The minimum Gasteiger partial charge on any atom is -0.395 e. The van der Waals surface area contributed by atoms with Crippen molar-refractivity contribution < 1.29 is 14.6 Å². The summed E-state index contributed by atoms with van der Waals surface area (Å²) >= 11 is 11.6.